The number of rotatable bonds is 6. The number of likely N-dealkylation sites (tertiary alicyclic amines) is 1. The Balaban J connectivity index is 1.62. The molecule has 0 bridgehead atoms. The maximum Gasteiger partial charge on any atom is 0.234 e. The zero-order chi connectivity index (χ0) is 16.9. The summed E-state index contributed by atoms with van der Waals surface area (Å²) in [5, 5.41) is 7.44. The summed E-state index contributed by atoms with van der Waals surface area (Å²) >= 11 is 0. The number of methoxy groups -OCH3 is 1. The number of ether oxygens (including phenoxy) is 1. The summed E-state index contributed by atoms with van der Waals surface area (Å²) in [6, 6.07) is 7.65. The maximum atomic E-state index is 12.1. The van der Waals surface area contributed by atoms with Crippen LogP contribution in [0.3, 0.4) is 0 Å². The van der Waals surface area contributed by atoms with E-state index >= 15 is 0 Å². The molecule has 1 aromatic carbocycles. The van der Waals surface area contributed by atoms with Gasteiger partial charge in [0.15, 0.2) is 0 Å². The lowest BCUT2D eigenvalue weighted by Crippen LogP contribution is -2.36. The van der Waals surface area contributed by atoms with Crippen molar-refractivity contribution < 1.29 is 9.53 Å². The molecule has 1 unspecified atom stereocenters. The first-order chi connectivity index (χ1) is 11.7. The lowest BCUT2D eigenvalue weighted by molar-refractivity contribution is -0.122. The molecule has 3 rings (SSSR count). The predicted octanol–water partition coefficient (Wildman–Crippen LogP) is 2.15. The molecule has 1 fully saturated rings. The quantitative estimate of drug-likeness (QED) is 0.883. The second kappa shape index (κ2) is 7.49. The van der Waals surface area contributed by atoms with Gasteiger partial charge in [0.2, 0.25) is 5.91 Å². The second-order valence-electron chi connectivity index (χ2n) is 6.19. The minimum atomic E-state index is -0.0699. The van der Waals surface area contributed by atoms with Crippen LogP contribution in [-0.4, -0.2) is 47.3 Å². The number of amides is 1. The van der Waals surface area contributed by atoms with Crippen LogP contribution in [-0.2, 0) is 4.79 Å². The summed E-state index contributed by atoms with van der Waals surface area (Å²) in [5.74, 6) is 0.857. The molecular formula is C18H24N4O2. The molecule has 2 heterocycles. The fourth-order valence-corrected chi connectivity index (χ4v) is 2.97. The third-order valence-corrected chi connectivity index (χ3v) is 4.36. The summed E-state index contributed by atoms with van der Waals surface area (Å²) in [6.45, 7) is 4.51. The molecule has 1 aliphatic heterocycles. The largest absolute Gasteiger partial charge is 0.497 e. The molecule has 0 saturated carbocycles. The Labute approximate surface area is 142 Å². The molecule has 6 nitrogen and oxygen atoms in total. The van der Waals surface area contributed by atoms with Gasteiger partial charge in [0.25, 0.3) is 0 Å². The van der Waals surface area contributed by atoms with E-state index in [1.165, 1.54) is 12.8 Å². The van der Waals surface area contributed by atoms with Crippen LogP contribution in [0.1, 0.15) is 31.4 Å². The van der Waals surface area contributed by atoms with Crippen molar-refractivity contribution >= 4 is 5.91 Å². The van der Waals surface area contributed by atoms with Crippen molar-refractivity contribution in [2.24, 2.45) is 0 Å². The van der Waals surface area contributed by atoms with Gasteiger partial charge in [0.1, 0.15) is 5.75 Å². The summed E-state index contributed by atoms with van der Waals surface area (Å²) in [4.78, 5) is 14.3. The Morgan fingerprint density at radius 2 is 2.17 bits per heavy atom. The number of benzene rings is 1. The zero-order valence-corrected chi connectivity index (χ0v) is 14.2. The van der Waals surface area contributed by atoms with Crippen molar-refractivity contribution in [1.29, 1.82) is 0 Å². The Morgan fingerprint density at radius 3 is 2.92 bits per heavy atom. The maximum absolute atomic E-state index is 12.1. The van der Waals surface area contributed by atoms with E-state index in [0.29, 0.717) is 6.54 Å². The van der Waals surface area contributed by atoms with Gasteiger partial charge >= 0.3 is 0 Å². The van der Waals surface area contributed by atoms with E-state index in [2.05, 4.69) is 15.3 Å². The zero-order valence-electron chi connectivity index (χ0n) is 14.2. The van der Waals surface area contributed by atoms with Gasteiger partial charge in [-0.25, -0.2) is 4.68 Å². The fraction of sp³-hybridized carbons (Fsp3) is 0.444. The average molecular weight is 328 g/mol. The molecule has 1 saturated heterocycles. The van der Waals surface area contributed by atoms with E-state index in [9.17, 15) is 4.79 Å². The third-order valence-electron chi connectivity index (χ3n) is 4.36. The van der Waals surface area contributed by atoms with Gasteiger partial charge in [-0.15, -0.1) is 0 Å². The van der Waals surface area contributed by atoms with Gasteiger partial charge in [-0.05, 0) is 45.0 Å². The molecule has 1 aliphatic rings. The number of aromatic nitrogens is 2. The molecule has 0 radical (unpaired) electrons. The summed E-state index contributed by atoms with van der Waals surface area (Å²) in [7, 11) is 1.64. The normalized spacial score (nSPS) is 16.1. The highest BCUT2D eigenvalue weighted by Gasteiger charge is 2.17. The van der Waals surface area contributed by atoms with Crippen LogP contribution in [0.4, 0.5) is 0 Å². The first-order valence-corrected chi connectivity index (χ1v) is 8.36. The van der Waals surface area contributed by atoms with Gasteiger partial charge in [-0.2, -0.15) is 5.10 Å². The SMILES string of the molecule is COc1cccc(-n2cc(C(C)NC(=O)CN3CCCC3)cn2)c1. The van der Waals surface area contributed by atoms with Gasteiger partial charge < -0.3 is 10.1 Å². The van der Waals surface area contributed by atoms with E-state index in [-0.39, 0.29) is 11.9 Å². The molecule has 1 atom stereocenters. The van der Waals surface area contributed by atoms with E-state index in [0.717, 1.165) is 30.1 Å². The van der Waals surface area contributed by atoms with Crippen molar-refractivity contribution in [2.45, 2.75) is 25.8 Å². The molecular weight excluding hydrogens is 304 g/mol. The van der Waals surface area contributed by atoms with Crippen molar-refractivity contribution in [2.75, 3.05) is 26.7 Å². The number of hydrogen-bond donors (Lipinski definition) is 1. The molecule has 1 N–H and O–H groups in total. The highest BCUT2D eigenvalue weighted by Crippen LogP contribution is 2.18. The molecule has 1 aromatic heterocycles. The molecule has 2 aromatic rings. The molecule has 6 heteroatoms. The Bertz CT molecular complexity index is 692. The van der Waals surface area contributed by atoms with E-state index in [1.54, 1.807) is 18.0 Å². The Morgan fingerprint density at radius 1 is 1.38 bits per heavy atom. The Kier molecular flexibility index (Phi) is 5.15. The first-order valence-electron chi connectivity index (χ1n) is 8.36. The lowest BCUT2D eigenvalue weighted by Gasteiger charge is -2.17. The van der Waals surface area contributed by atoms with Crippen LogP contribution in [0, 0.1) is 0 Å². The van der Waals surface area contributed by atoms with Crippen LogP contribution < -0.4 is 10.1 Å². The topological polar surface area (TPSA) is 59.4 Å². The molecule has 128 valence electrons. The predicted molar refractivity (Wildman–Crippen MR) is 92.3 cm³/mol. The standard InChI is InChI=1S/C18H24N4O2/c1-14(20-18(23)13-21-8-3-4-9-21)15-11-19-22(12-15)16-6-5-7-17(10-16)24-2/h5-7,10-12,14H,3-4,8-9,13H2,1-2H3,(H,20,23). The van der Waals surface area contributed by atoms with Crippen LogP contribution >= 0.6 is 0 Å². The highest BCUT2D eigenvalue weighted by molar-refractivity contribution is 5.78. The third kappa shape index (κ3) is 3.94. The van der Waals surface area contributed by atoms with Crippen LogP contribution in [0.25, 0.3) is 5.69 Å². The van der Waals surface area contributed by atoms with Gasteiger partial charge in [-0.1, -0.05) is 6.07 Å². The average Bonchev–Trinajstić information content (AvgIpc) is 3.26. The molecule has 24 heavy (non-hydrogen) atoms. The van der Waals surface area contributed by atoms with E-state index in [1.807, 2.05) is 37.4 Å². The molecule has 1 amide bonds. The van der Waals surface area contributed by atoms with Gasteiger partial charge in [0, 0.05) is 17.8 Å². The smallest absolute Gasteiger partial charge is 0.234 e. The number of carbonyl (C=O) groups excluding carboxylic acids is 1. The van der Waals surface area contributed by atoms with Gasteiger partial charge in [-0.3, -0.25) is 9.69 Å². The summed E-state index contributed by atoms with van der Waals surface area (Å²) in [6.07, 6.45) is 6.11. The van der Waals surface area contributed by atoms with Crippen LogP contribution in [0.15, 0.2) is 36.7 Å². The van der Waals surface area contributed by atoms with E-state index in [4.69, 9.17) is 4.74 Å². The first kappa shape index (κ1) is 16.5. The lowest BCUT2D eigenvalue weighted by atomic mass is 10.2. The molecule has 0 spiro atoms. The fourth-order valence-electron chi connectivity index (χ4n) is 2.97. The number of carbonyl (C=O) groups is 1. The van der Waals surface area contributed by atoms with Crippen LogP contribution in [0.2, 0.25) is 0 Å². The van der Waals surface area contributed by atoms with Crippen molar-refractivity contribution in [3.63, 3.8) is 0 Å². The number of nitrogens with zero attached hydrogens (tertiary/aromatic N) is 3. The van der Waals surface area contributed by atoms with Crippen molar-refractivity contribution in [3.8, 4) is 11.4 Å². The molecule has 0 aliphatic carbocycles. The minimum absolute atomic E-state index is 0.0681. The number of hydrogen-bond acceptors (Lipinski definition) is 4. The van der Waals surface area contributed by atoms with E-state index < -0.39 is 0 Å². The minimum Gasteiger partial charge on any atom is -0.497 e. The Hall–Kier alpha value is -2.34. The van der Waals surface area contributed by atoms with Crippen molar-refractivity contribution in [3.05, 3.63) is 42.2 Å². The summed E-state index contributed by atoms with van der Waals surface area (Å²) < 4.78 is 7.04. The van der Waals surface area contributed by atoms with Crippen molar-refractivity contribution in [1.82, 2.24) is 20.0 Å². The number of nitrogens with one attached hydrogen (secondary N) is 1. The second-order valence-corrected chi connectivity index (χ2v) is 6.19. The van der Waals surface area contributed by atoms with Gasteiger partial charge in [0.05, 0.1) is 31.6 Å². The van der Waals surface area contributed by atoms with Crippen LogP contribution in [0.5, 0.6) is 5.75 Å². The highest BCUT2D eigenvalue weighted by atomic mass is 16.5. The summed E-state index contributed by atoms with van der Waals surface area (Å²) in [5.41, 5.74) is 1.91. The monoisotopic (exact) mass is 328 g/mol.